The summed E-state index contributed by atoms with van der Waals surface area (Å²) in [5.74, 6) is -1.65. The average Bonchev–Trinajstić information content (AvgIpc) is 3.57. The number of pyridine rings is 1. The van der Waals surface area contributed by atoms with Crippen LogP contribution in [0.2, 0.25) is 0 Å². The number of nitrogens with zero attached hydrogens (tertiary/aromatic N) is 4. The second-order valence-electron chi connectivity index (χ2n) is 12.7. The van der Waals surface area contributed by atoms with Crippen LogP contribution in [0.15, 0.2) is 24.3 Å². The summed E-state index contributed by atoms with van der Waals surface area (Å²) in [4.78, 5) is 73.8. The fraction of sp³-hybridized carbons (Fsp3) is 0.588. The van der Waals surface area contributed by atoms with E-state index in [4.69, 9.17) is 9.47 Å². The summed E-state index contributed by atoms with van der Waals surface area (Å²) in [5, 5.41) is 6.05. The third-order valence-electron chi connectivity index (χ3n) is 9.17. The second kappa shape index (κ2) is 16.1. The van der Waals surface area contributed by atoms with Crippen molar-refractivity contribution in [1.29, 1.82) is 0 Å². The zero-order valence-corrected chi connectivity index (χ0v) is 27.7. The van der Waals surface area contributed by atoms with Gasteiger partial charge in [-0.25, -0.2) is 14.2 Å². The minimum Gasteiger partial charge on any atom is -0.483 e. The Kier molecular flexibility index (Phi) is 11.7. The summed E-state index contributed by atoms with van der Waals surface area (Å²) < 4.78 is 25.4. The quantitative estimate of drug-likeness (QED) is 0.328. The number of hydrogen-bond donors (Lipinski definition) is 2. The summed E-state index contributed by atoms with van der Waals surface area (Å²) in [6, 6.07) is 4.92. The van der Waals surface area contributed by atoms with Crippen molar-refractivity contribution in [3.8, 4) is 5.75 Å². The maximum atomic E-state index is 14.2. The van der Waals surface area contributed by atoms with Crippen LogP contribution in [-0.2, 0) is 19.1 Å². The number of carbonyl (C=O) groups is 5. The van der Waals surface area contributed by atoms with E-state index in [9.17, 15) is 28.4 Å². The molecule has 0 radical (unpaired) electrons. The van der Waals surface area contributed by atoms with Crippen LogP contribution in [-0.4, -0.2) is 120 Å². The number of aryl methyl sites for hydroxylation is 1. The Labute approximate surface area is 279 Å². The summed E-state index contributed by atoms with van der Waals surface area (Å²) in [6.07, 6.45) is 5.51. The highest BCUT2D eigenvalue weighted by atomic mass is 19.1. The number of piperazine rings is 1. The molecule has 260 valence electrons. The van der Waals surface area contributed by atoms with E-state index in [1.807, 2.05) is 19.9 Å². The van der Waals surface area contributed by atoms with E-state index < -0.39 is 36.7 Å². The number of ether oxygens (including phenoxy) is 2. The molecule has 14 heteroatoms. The first kappa shape index (κ1) is 34.8. The first-order valence-electron chi connectivity index (χ1n) is 16.9. The van der Waals surface area contributed by atoms with Gasteiger partial charge in [-0.3, -0.25) is 19.2 Å². The predicted octanol–water partition coefficient (Wildman–Crippen LogP) is 2.73. The Morgan fingerprint density at radius 1 is 1.00 bits per heavy atom. The maximum Gasteiger partial charge on any atom is 0.409 e. The molecule has 5 amide bonds. The maximum absolute atomic E-state index is 14.2. The Balaban J connectivity index is 1.23. The fourth-order valence-corrected chi connectivity index (χ4v) is 6.08. The van der Waals surface area contributed by atoms with Crippen molar-refractivity contribution in [2.24, 2.45) is 0 Å². The van der Waals surface area contributed by atoms with E-state index in [2.05, 4.69) is 15.6 Å². The van der Waals surface area contributed by atoms with E-state index in [0.717, 1.165) is 37.7 Å². The molecule has 1 saturated carbocycles. The van der Waals surface area contributed by atoms with Gasteiger partial charge in [0.1, 0.15) is 30.2 Å². The molecule has 3 heterocycles. The minimum atomic E-state index is -1.46. The Morgan fingerprint density at radius 3 is 2.44 bits per heavy atom. The third-order valence-corrected chi connectivity index (χ3v) is 9.17. The van der Waals surface area contributed by atoms with Gasteiger partial charge in [0.05, 0.1) is 12.1 Å². The lowest BCUT2D eigenvalue weighted by Crippen LogP contribution is -2.56. The minimum absolute atomic E-state index is 0.111. The Hall–Kier alpha value is -4.49. The smallest absolute Gasteiger partial charge is 0.409 e. The summed E-state index contributed by atoms with van der Waals surface area (Å²) in [7, 11) is 0. The van der Waals surface area contributed by atoms with Crippen LogP contribution in [0.5, 0.6) is 5.75 Å². The standard InChI is InChI=1S/C34H45FN6O7/c1-3-4-17-47-34(46)40-15-13-39(14-16-40)33(45)27(20-35)38-31(43)26-19-29(24-11-10-22(2)18-25(24)37-26)48-21-30(42)41-12-6-9-28(41)32(44)36-23-7-5-8-23/h10-11,18-19,23,27-28H,3-9,12-17,20-21H2,1-2H3,(H,36,44)(H,38,43)/t27-,28-/m0/s1. The van der Waals surface area contributed by atoms with Crippen LogP contribution in [0.1, 0.15) is 67.9 Å². The van der Waals surface area contributed by atoms with Crippen LogP contribution >= 0.6 is 0 Å². The van der Waals surface area contributed by atoms with Gasteiger partial charge in [-0.2, -0.15) is 0 Å². The first-order valence-corrected chi connectivity index (χ1v) is 16.9. The average molecular weight is 669 g/mol. The van der Waals surface area contributed by atoms with Crippen molar-refractivity contribution in [1.82, 2.24) is 30.3 Å². The predicted molar refractivity (Wildman–Crippen MR) is 174 cm³/mol. The van der Waals surface area contributed by atoms with E-state index in [-0.39, 0.29) is 62.1 Å². The number of halogens is 1. The van der Waals surface area contributed by atoms with Crippen molar-refractivity contribution in [2.75, 3.05) is 52.6 Å². The van der Waals surface area contributed by atoms with Gasteiger partial charge in [0.2, 0.25) is 11.8 Å². The number of aromatic nitrogens is 1. The number of likely N-dealkylation sites (tertiary alicyclic amines) is 1. The number of benzene rings is 1. The van der Waals surface area contributed by atoms with E-state index in [1.165, 1.54) is 15.9 Å². The highest BCUT2D eigenvalue weighted by Gasteiger charge is 2.36. The molecule has 2 saturated heterocycles. The molecule has 2 atom stereocenters. The van der Waals surface area contributed by atoms with E-state index in [0.29, 0.717) is 36.9 Å². The van der Waals surface area contributed by atoms with Crippen LogP contribution < -0.4 is 15.4 Å². The highest BCUT2D eigenvalue weighted by Crippen LogP contribution is 2.28. The van der Waals surface area contributed by atoms with Crippen LogP contribution in [0, 0.1) is 6.92 Å². The van der Waals surface area contributed by atoms with Gasteiger partial charge in [-0.1, -0.05) is 19.4 Å². The lowest BCUT2D eigenvalue weighted by molar-refractivity contribution is -0.140. The summed E-state index contributed by atoms with van der Waals surface area (Å²) >= 11 is 0. The molecular formula is C34H45FN6O7. The van der Waals surface area contributed by atoms with Gasteiger partial charge in [-0.05, 0) is 63.1 Å². The molecule has 2 aliphatic heterocycles. The largest absolute Gasteiger partial charge is 0.483 e. The van der Waals surface area contributed by atoms with Gasteiger partial charge in [0.25, 0.3) is 11.8 Å². The number of fused-ring (bicyclic) bond motifs is 1. The number of nitrogens with one attached hydrogen (secondary N) is 2. The lowest BCUT2D eigenvalue weighted by Gasteiger charge is -2.35. The molecule has 0 unspecified atom stereocenters. The normalized spacial score (nSPS) is 18.6. The molecule has 3 aliphatic rings. The lowest BCUT2D eigenvalue weighted by atomic mass is 9.93. The number of hydrogen-bond acceptors (Lipinski definition) is 8. The fourth-order valence-electron chi connectivity index (χ4n) is 6.08. The molecule has 13 nitrogen and oxygen atoms in total. The van der Waals surface area contributed by atoms with Crippen molar-refractivity contribution in [3.05, 3.63) is 35.5 Å². The molecule has 1 aromatic carbocycles. The highest BCUT2D eigenvalue weighted by molar-refractivity contribution is 5.99. The number of carbonyl (C=O) groups excluding carboxylic acids is 5. The van der Waals surface area contributed by atoms with Crippen LogP contribution in [0.25, 0.3) is 10.9 Å². The number of alkyl halides is 1. The topological polar surface area (TPSA) is 150 Å². The van der Waals surface area contributed by atoms with Crippen molar-refractivity contribution >= 4 is 40.6 Å². The summed E-state index contributed by atoms with van der Waals surface area (Å²) in [5.41, 5.74) is 1.19. The van der Waals surface area contributed by atoms with Gasteiger partial charge >= 0.3 is 6.09 Å². The first-order chi connectivity index (χ1) is 23.2. The molecule has 2 N–H and O–H groups in total. The molecule has 48 heavy (non-hydrogen) atoms. The monoisotopic (exact) mass is 668 g/mol. The Bertz CT molecular complexity index is 1510. The molecule has 3 fully saturated rings. The zero-order valence-electron chi connectivity index (χ0n) is 27.7. The van der Waals surface area contributed by atoms with E-state index >= 15 is 0 Å². The van der Waals surface area contributed by atoms with Gasteiger partial charge in [0.15, 0.2) is 6.61 Å². The van der Waals surface area contributed by atoms with Crippen LogP contribution in [0.4, 0.5) is 9.18 Å². The molecule has 2 aromatic rings. The number of amides is 5. The number of rotatable bonds is 12. The summed E-state index contributed by atoms with van der Waals surface area (Å²) in [6.45, 7) is 3.96. The molecular weight excluding hydrogens is 623 g/mol. The molecule has 5 rings (SSSR count). The van der Waals surface area contributed by atoms with E-state index in [1.54, 1.807) is 17.0 Å². The van der Waals surface area contributed by atoms with Crippen molar-refractivity contribution < 1.29 is 37.8 Å². The van der Waals surface area contributed by atoms with Crippen molar-refractivity contribution in [3.63, 3.8) is 0 Å². The second-order valence-corrected chi connectivity index (χ2v) is 12.7. The molecule has 1 aromatic heterocycles. The molecule has 1 aliphatic carbocycles. The van der Waals surface area contributed by atoms with Gasteiger partial charge in [-0.15, -0.1) is 0 Å². The molecule has 0 bridgehead atoms. The number of unbranched alkanes of at least 4 members (excludes halogenated alkanes) is 1. The third kappa shape index (κ3) is 8.32. The van der Waals surface area contributed by atoms with Crippen LogP contribution in [0.3, 0.4) is 0 Å². The SMILES string of the molecule is CCCCOC(=O)N1CCN(C(=O)[C@H](CF)NC(=O)c2cc(OCC(=O)N3CCC[C@H]3C(=O)NC3CCC3)c3ccc(C)cc3n2)CC1. The zero-order chi connectivity index (χ0) is 34.2. The van der Waals surface area contributed by atoms with Crippen molar-refractivity contribution in [2.45, 2.75) is 76.9 Å². The molecule has 0 spiro atoms. The van der Waals surface area contributed by atoms with Gasteiger partial charge < -0.3 is 34.8 Å². The van der Waals surface area contributed by atoms with Gasteiger partial charge in [0, 0.05) is 50.2 Å². The Morgan fingerprint density at radius 2 is 1.75 bits per heavy atom.